The predicted octanol–water partition coefficient (Wildman–Crippen LogP) is 4.43. The van der Waals surface area contributed by atoms with Crippen LogP contribution in [0.4, 0.5) is 0 Å². The van der Waals surface area contributed by atoms with Crippen molar-refractivity contribution in [2.24, 2.45) is 0 Å². The largest absolute Gasteiger partial charge is 0.494 e. The number of oxazole rings is 1. The summed E-state index contributed by atoms with van der Waals surface area (Å²) in [6.45, 7) is 2.49. The molecule has 0 amide bonds. The van der Waals surface area contributed by atoms with Crippen LogP contribution in [0.5, 0.6) is 5.75 Å². The minimum atomic E-state index is -0.187. The van der Waals surface area contributed by atoms with Gasteiger partial charge in [-0.1, -0.05) is 0 Å². The smallest absolute Gasteiger partial charge is 0.305 e. The van der Waals surface area contributed by atoms with Gasteiger partial charge in [-0.15, -0.1) is 0 Å². The van der Waals surface area contributed by atoms with Gasteiger partial charge in [0.2, 0.25) is 5.89 Å². The molecule has 0 saturated carbocycles. The lowest BCUT2D eigenvalue weighted by Crippen LogP contribution is -2.02. The monoisotopic (exact) mass is 366 g/mol. The Morgan fingerprint density at radius 1 is 1.04 bits per heavy atom. The molecule has 0 saturated heterocycles. The maximum absolute atomic E-state index is 11.1. The third-order valence-corrected chi connectivity index (χ3v) is 4.11. The van der Waals surface area contributed by atoms with Crippen LogP contribution in [0, 0.1) is 6.92 Å². The highest BCUT2D eigenvalue weighted by Gasteiger charge is 2.13. The van der Waals surface area contributed by atoms with Crippen LogP contribution in [-0.4, -0.2) is 29.7 Å². The number of carbonyl (C=O) groups excluding carboxylic acids is 1. The van der Waals surface area contributed by atoms with E-state index in [0.717, 1.165) is 41.2 Å². The fraction of sp³-hybridized carbons (Fsp3) is 0.286. The molecule has 0 aliphatic carbocycles. The Labute approximate surface area is 158 Å². The molecule has 0 aliphatic heterocycles. The highest BCUT2D eigenvalue weighted by molar-refractivity contribution is 5.69. The Balaban J connectivity index is 1.59. The molecule has 0 fully saturated rings. The van der Waals surface area contributed by atoms with Crippen LogP contribution >= 0.6 is 0 Å². The minimum absolute atomic E-state index is 0.187. The van der Waals surface area contributed by atoms with E-state index in [1.807, 2.05) is 43.3 Å². The summed E-state index contributed by atoms with van der Waals surface area (Å²) < 4.78 is 16.3. The number of aryl methyl sites for hydroxylation is 1. The Bertz CT molecular complexity index is 873. The standard InChI is InChI=1S/C21H22N2O4/c1-15-20(27-21(23-15)17-10-12-22-13-11-17)16-6-8-18(9-7-16)26-14-4-3-5-19(24)25-2/h6-13H,3-5,14H2,1-2H3. The van der Waals surface area contributed by atoms with Crippen LogP contribution in [0.3, 0.4) is 0 Å². The summed E-state index contributed by atoms with van der Waals surface area (Å²) in [6.07, 6.45) is 5.40. The second kappa shape index (κ2) is 8.98. The van der Waals surface area contributed by atoms with Crippen molar-refractivity contribution >= 4 is 5.97 Å². The van der Waals surface area contributed by atoms with E-state index in [2.05, 4.69) is 14.7 Å². The Morgan fingerprint density at radius 3 is 2.48 bits per heavy atom. The van der Waals surface area contributed by atoms with Gasteiger partial charge in [0.15, 0.2) is 5.76 Å². The van der Waals surface area contributed by atoms with Gasteiger partial charge in [0.1, 0.15) is 5.75 Å². The molecule has 2 heterocycles. The molecule has 3 aromatic rings. The number of nitrogens with zero attached hydrogens (tertiary/aromatic N) is 2. The second-order valence-corrected chi connectivity index (χ2v) is 6.08. The first-order valence-electron chi connectivity index (χ1n) is 8.85. The molecule has 6 heteroatoms. The summed E-state index contributed by atoms with van der Waals surface area (Å²) in [5.74, 6) is 1.92. The maximum Gasteiger partial charge on any atom is 0.305 e. The Kier molecular flexibility index (Phi) is 6.20. The molecular weight excluding hydrogens is 344 g/mol. The summed E-state index contributed by atoms with van der Waals surface area (Å²) in [7, 11) is 1.40. The third-order valence-electron chi connectivity index (χ3n) is 4.11. The number of benzene rings is 1. The van der Waals surface area contributed by atoms with Crippen molar-refractivity contribution in [2.75, 3.05) is 13.7 Å². The first-order chi connectivity index (χ1) is 13.2. The number of esters is 1. The quantitative estimate of drug-likeness (QED) is 0.433. The first kappa shape index (κ1) is 18.6. The molecule has 0 aliphatic rings. The van der Waals surface area contributed by atoms with Gasteiger partial charge in [-0.25, -0.2) is 4.98 Å². The molecular formula is C21H22N2O4. The van der Waals surface area contributed by atoms with E-state index in [0.29, 0.717) is 18.9 Å². The second-order valence-electron chi connectivity index (χ2n) is 6.08. The van der Waals surface area contributed by atoms with Crippen molar-refractivity contribution in [1.82, 2.24) is 9.97 Å². The average molecular weight is 366 g/mol. The number of unbranched alkanes of at least 4 members (excludes halogenated alkanes) is 1. The SMILES string of the molecule is COC(=O)CCCCOc1ccc(-c2oc(-c3ccncc3)nc2C)cc1. The summed E-state index contributed by atoms with van der Waals surface area (Å²) >= 11 is 0. The Morgan fingerprint density at radius 2 is 1.78 bits per heavy atom. The zero-order valence-corrected chi connectivity index (χ0v) is 15.5. The molecule has 0 radical (unpaired) electrons. The Hall–Kier alpha value is -3.15. The van der Waals surface area contributed by atoms with Gasteiger partial charge in [0.05, 0.1) is 19.4 Å². The van der Waals surface area contributed by atoms with E-state index in [4.69, 9.17) is 9.15 Å². The number of methoxy groups -OCH3 is 1. The zero-order valence-electron chi connectivity index (χ0n) is 15.5. The molecule has 6 nitrogen and oxygen atoms in total. The molecule has 0 spiro atoms. The minimum Gasteiger partial charge on any atom is -0.494 e. The van der Waals surface area contributed by atoms with E-state index < -0.39 is 0 Å². The summed E-state index contributed by atoms with van der Waals surface area (Å²) in [5, 5.41) is 0. The molecule has 27 heavy (non-hydrogen) atoms. The average Bonchev–Trinajstić information content (AvgIpc) is 3.10. The maximum atomic E-state index is 11.1. The van der Waals surface area contributed by atoms with Gasteiger partial charge in [0.25, 0.3) is 0 Å². The number of rotatable bonds is 8. The lowest BCUT2D eigenvalue weighted by Gasteiger charge is -2.06. The number of hydrogen-bond donors (Lipinski definition) is 0. The van der Waals surface area contributed by atoms with Crippen molar-refractivity contribution < 1.29 is 18.7 Å². The van der Waals surface area contributed by atoms with E-state index in [9.17, 15) is 4.79 Å². The van der Waals surface area contributed by atoms with Gasteiger partial charge in [-0.3, -0.25) is 9.78 Å². The molecule has 0 N–H and O–H groups in total. The number of hydrogen-bond acceptors (Lipinski definition) is 6. The molecule has 0 unspecified atom stereocenters. The lowest BCUT2D eigenvalue weighted by atomic mass is 10.1. The van der Waals surface area contributed by atoms with Crippen molar-refractivity contribution in [2.45, 2.75) is 26.2 Å². The molecule has 140 valence electrons. The van der Waals surface area contributed by atoms with Gasteiger partial charge >= 0.3 is 5.97 Å². The predicted molar refractivity (Wildman–Crippen MR) is 101 cm³/mol. The summed E-state index contributed by atoms with van der Waals surface area (Å²) in [5.41, 5.74) is 2.67. The number of carbonyl (C=O) groups is 1. The van der Waals surface area contributed by atoms with Crippen molar-refractivity contribution in [3.8, 4) is 28.5 Å². The molecule has 1 aromatic carbocycles. The fourth-order valence-electron chi connectivity index (χ4n) is 2.65. The number of aromatic nitrogens is 2. The van der Waals surface area contributed by atoms with Crippen LogP contribution in [0.15, 0.2) is 53.2 Å². The third kappa shape index (κ3) is 4.94. The highest BCUT2D eigenvalue weighted by atomic mass is 16.5. The molecule has 3 rings (SSSR count). The van der Waals surface area contributed by atoms with Crippen molar-refractivity contribution in [1.29, 1.82) is 0 Å². The van der Waals surface area contributed by atoms with Gasteiger partial charge in [-0.05, 0) is 56.2 Å². The molecule has 2 aromatic heterocycles. The van der Waals surface area contributed by atoms with Gasteiger partial charge < -0.3 is 13.9 Å². The fourth-order valence-corrected chi connectivity index (χ4v) is 2.65. The first-order valence-corrected chi connectivity index (χ1v) is 8.85. The highest BCUT2D eigenvalue weighted by Crippen LogP contribution is 2.30. The van der Waals surface area contributed by atoms with Gasteiger partial charge in [0, 0.05) is 29.9 Å². The van der Waals surface area contributed by atoms with E-state index >= 15 is 0 Å². The van der Waals surface area contributed by atoms with Crippen molar-refractivity contribution in [3.63, 3.8) is 0 Å². The van der Waals surface area contributed by atoms with E-state index in [1.165, 1.54) is 7.11 Å². The van der Waals surface area contributed by atoms with Crippen LogP contribution in [0.25, 0.3) is 22.8 Å². The van der Waals surface area contributed by atoms with E-state index in [1.54, 1.807) is 12.4 Å². The van der Waals surface area contributed by atoms with E-state index in [-0.39, 0.29) is 5.97 Å². The molecule has 0 atom stereocenters. The van der Waals surface area contributed by atoms with Crippen LogP contribution in [-0.2, 0) is 9.53 Å². The topological polar surface area (TPSA) is 74.5 Å². The normalized spacial score (nSPS) is 10.6. The van der Waals surface area contributed by atoms with Crippen LogP contribution in [0.2, 0.25) is 0 Å². The number of pyridine rings is 1. The lowest BCUT2D eigenvalue weighted by molar-refractivity contribution is -0.140. The molecule has 0 bridgehead atoms. The van der Waals surface area contributed by atoms with Crippen LogP contribution < -0.4 is 4.74 Å². The summed E-state index contributed by atoms with van der Waals surface area (Å²) in [6, 6.07) is 11.5. The van der Waals surface area contributed by atoms with Crippen molar-refractivity contribution in [3.05, 3.63) is 54.5 Å². The zero-order chi connectivity index (χ0) is 19.1. The van der Waals surface area contributed by atoms with Gasteiger partial charge in [-0.2, -0.15) is 0 Å². The number of ether oxygens (including phenoxy) is 2. The van der Waals surface area contributed by atoms with Crippen LogP contribution in [0.1, 0.15) is 25.0 Å². The summed E-state index contributed by atoms with van der Waals surface area (Å²) in [4.78, 5) is 19.6.